The second-order valence-electron chi connectivity index (χ2n) is 6.10. The van der Waals surface area contributed by atoms with Gasteiger partial charge in [0.25, 0.3) is 0 Å². The molecule has 2 aromatic heterocycles. The second kappa shape index (κ2) is 6.38. The van der Waals surface area contributed by atoms with Crippen molar-refractivity contribution in [2.45, 2.75) is 25.5 Å². The number of hydrogen-bond acceptors (Lipinski definition) is 3. The molecule has 0 amide bonds. The number of H-pyrrole nitrogens is 1. The highest BCUT2D eigenvalue weighted by molar-refractivity contribution is 5.58. The van der Waals surface area contributed by atoms with Gasteiger partial charge in [-0.2, -0.15) is 0 Å². The smallest absolute Gasteiger partial charge is 0.0945 e. The van der Waals surface area contributed by atoms with Crippen molar-refractivity contribution in [1.29, 1.82) is 0 Å². The van der Waals surface area contributed by atoms with Crippen molar-refractivity contribution in [2.75, 3.05) is 6.61 Å². The number of nitrogens with one attached hydrogen (secondary N) is 1. The van der Waals surface area contributed by atoms with Crippen molar-refractivity contribution in [3.8, 4) is 11.3 Å². The predicted molar refractivity (Wildman–Crippen MR) is 87.7 cm³/mol. The lowest BCUT2D eigenvalue weighted by atomic mass is 9.91. The van der Waals surface area contributed by atoms with Gasteiger partial charge in [0, 0.05) is 25.5 Å². The van der Waals surface area contributed by atoms with Crippen molar-refractivity contribution in [1.82, 2.24) is 19.5 Å². The highest BCUT2D eigenvalue weighted by Crippen LogP contribution is 2.33. The molecule has 2 atom stereocenters. The molecule has 0 bridgehead atoms. The SMILES string of the molecule is c1cn(CC2CCOC(c3ccc(-c4cnc[nH]4)cc3)C2)cn1. The molecule has 4 rings (SSSR count). The topological polar surface area (TPSA) is 55.7 Å². The standard InChI is InChI=1S/C18H20N4O/c1-3-16(4-2-15(1)17-10-20-12-21-17)18-9-14(5-8-23-18)11-22-7-6-19-13-22/h1-4,6-7,10,12-14,18H,5,8-9,11H2,(H,20,21). The van der Waals surface area contributed by atoms with Gasteiger partial charge in [-0.25, -0.2) is 9.97 Å². The summed E-state index contributed by atoms with van der Waals surface area (Å²) in [5.41, 5.74) is 3.44. The summed E-state index contributed by atoms with van der Waals surface area (Å²) in [4.78, 5) is 11.3. The summed E-state index contributed by atoms with van der Waals surface area (Å²) in [5, 5.41) is 0. The van der Waals surface area contributed by atoms with Crippen LogP contribution in [0.25, 0.3) is 11.3 Å². The van der Waals surface area contributed by atoms with Crippen LogP contribution >= 0.6 is 0 Å². The molecule has 23 heavy (non-hydrogen) atoms. The number of hydrogen-bond donors (Lipinski definition) is 1. The maximum atomic E-state index is 6.00. The van der Waals surface area contributed by atoms with Crippen LogP contribution in [0.2, 0.25) is 0 Å². The van der Waals surface area contributed by atoms with Gasteiger partial charge in [0.2, 0.25) is 0 Å². The average molecular weight is 308 g/mol. The number of benzene rings is 1. The molecule has 2 unspecified atom stereocenters. The number of aromatic amines is 1. The average Bonchev–Trinajstić information content (AvgIpc) is 3.29. The van der Waals surface area contributed by atoms with Gasteiger partial charge in [0.15, 0.2) is 0 Å². The van der Waals surface area contributed by atoms with Gasteiger partial charge in [-0.3, -0.25) is 0 Å². The molecule has 0 spiro atoms. The van der Waals surface area contributed by atoms with E-state index < -0.39 is 0 Å². The summed E-state index contributed by atoms with van der Waals surface area (Å²) >= 11 is 0. The molecule has 0 saturated carbocycles. The molecule has 0 aliphatic carbocycles. The molecule has 1 saturated heterocycles. The Labute approximate surface area is 135 Å². The van der Waals surface area contributed by atoms with Gasteiger partial charge < -0.3 is 14.3 Å². The van der Waals surface area contributed by atoms with Crippen LogP contribution < -0.4 is 0 Å². The largest absolute Gasteiger partial charge is 0.374 e. The summed E-state index contributed by atoms with van der Waals surface area (Å²) in [7, 11) is 0. The third-order valence-electron chi connectivity index (χ3n) is 4.51. The third kappa shape index (κ3) is 3.19. The molecular formula is C18H20N4O. The first-order chi connectivity index (χ1) is 11.4. The molecule has 3 heterocycles. The number of aromatic nitrogens is 4. The second-order valence-corrected chi connectivity index (χ2v) is 6.10. The quantitative estimate of drug-likeness (QED) is 0.803. The minimum absolute atomic E-state index is 0.188. The number of ether oxygens (including phenoxy) is 1. The summed E-state index contributed by atoms with van der Waals surface area (Å²) in [6.45, 7) is 1.85. The normalized spacial score (nSPS) is 21.4. The van der Waals surface area contributed by atoms with E-state index in [0.717, 1.165) is 37.3 Å². The van der Waals surface area contributed by atoms with Crippen LogP contribution in [0.4, 0.5) is 0 Å². The molecular weight excluding hydrogens is 288 g/mol. The van der Waals surface area contributed by atoms with Crippen LogP contribution in [0.1, 0.15) is 24.5 Å². The Kier molecular flexibility index (Phi) is 3.94. The van der Waals surface area contributed by atoms with E-state index in [9.17, 15) is 0 Å². The molecule has 1 fully saturated rings. The van der Waals surface area contributed by atoms with E-state index in [1.807, 2.05) is 24.9 Å². The summed E-state index contributed by atoms with van der Waals surface area (Å²) in [6, 6.07) is 8.60. The predicted octanol–water partition coefficient (Wildman–Crippen LogP) is 3.44. The van der Waals surface area contributed by atoms with Gasteiger partial charge in [-0.05, 0) is 29.9 Å². The van der Waals surface area contributed by atoms with Crippen molar-refractivity contribution in [3.63, 3.8) is 0 Å². The summed E-state index contributed by atoms with van der Waals surface area (Å²) in [5.74, 6) is 0.634. The molecule has 5 heteroatoms. The van der Waals surface area contributed by atoms with Gasteiger partial charge in [0.05, 0.1) is 30.6 Å². The Morgan fingerprint density at radius 1 is 1.22 bits per heavy atom. The molecule has 118 valence electrons. The first-order valence-electron chi connectivity index (χ1n) is 8.04. The fraction of sp³-hybridized carbons (Fsp3) is 0.333. The van der Waals surface area contributed by atoms with Crippen LogP contribution in [0.15, 0.2) is 55.5 Å². The van der Waals surface area contributed by atoms with E-state index in [-0.39, 0.29) is 6.10 Å². The van der Waals surface area contributed by atoms with Crippen LogP contribution in [0.5, 0.6) is 0 Å². The van der Waals surface area contributed by atoms with Crippen LogP contribution in [0.3, 0.4) is 0 Å². The molecule has 3 aromatic rings. The zero-order valence-corrected chi connectivity index (χ0v) is 12.9. The Hall–Kier alpha value is -2.40. The van der Waals surface area contributed by atoms with Gasteiger partial charge >= 0.3 is 0 Å². The number of rotatable bonds is 4. The molecule has 0 radical (unpaired) electrons. The highest BCUT2D eigenvalue weighted by atomic mass is 16.5. The Balaban J connectivity index is 1.44. The zero-order chi connectivity index (χ0) is 15.5. The lowest BCUT2D eigenvalue weighted by Gasteiger charge is -2.30. The van der Waals surface area contributed by atoms with Crippen molar-refractivity contribution >= 4 is 0 Å². The monoisotopic (exact) mass is 308 g/mol. The Morgan fingerprint density at radius 3 is 2.87 bits per heavy atom. The van der Waals surface area contributed by atoms with Crippen molar-refractivity contribution < 1.29 is 4.74 Å². The van der Waals surface area contributed by atoms with Gasteiger partial charge in [0.1, 0.15) is 0 Å². The Bertz CT molecular complexity index is 719. The van der Waals surface area contributed by atoms with E-state index in [0.29, 0.717) is 5.92 Å². The Morgan fingerprint density at radius 2 is 2.13 bits per heavy atom. The number of imidazole rings is 2. The van der Waals surface area contributed by atoms with Crippen LogP contribution in [-0.2, 0) is 11.3 Å². The molecule has 1 aliphatic rings. The summed E-state index contributed by atoms with van der Waals surface area (Å²) in [6.07, 6.45) is 11.7. The summed E-state index contributed by atoms with van der Waals surface area (Å²) < 4.78 is 8.16. The lowest BCUT2D eigenvalue weighted by molar-refractivity contribution is -0.0138. The van der Waals surface area contributed by atoms with Crippen LogP contribution in [-0.4, -0.2) is 26.1 Å². The maximum absolute atomic E-state index is 6.00. The molecule has 5 nitrogen and oxygen atoms in total. The van der Waals surface area contributed by atoms with Crippen LogP contribution in [0, 0.1) is 5.92 Å². The molecule has 1 aliphatic heterocycles. The van der Waals surface area contributed by atoms with E-state index in [4.69, 9.17) is 4.74 Å². The minimum Gasteiger partial charge on any atom is -0.374 e. The van der Waals surface area contributed by atoms with Crippen molar-refractivity contribution in [2.24, 2.45) is 5.92 Å². The van der Waals surface area contributed by atoms with Gasteiger partial charge in [-0.1, -0.05) is 24.3 Å². The van der Waals surface area contributed by atoms with E-state index in [1.54, 1.807) is 6.33 Å². The molecule has 1 aromatic carbocycles. The fourth-order valence-electron chi connectivity index (χ4n) is 3.25. The lowest BCUT2D eigenvalue weighted by Crippen LogP contribution is -2.23. The minimum atomic E-state index is 0.188. The zero-order valence-electron chi connectivity index (χ0n) is 12.9. The highest BCUT2D eigenvalue weighted by Gasteiger charge is 2.24. The maximum Gasteiger partial charge on any atom is 0.0945 e. The molecule has 1 N–H and O–H groups in total. The van der Waals surface area contributed by atoms with Gasteiger partial charge in [-0.15, -0.1) is 0 Å². The van der Waals surface area contributed by atoms with E-state index >= 15 is 0 Å². The first-order valence-corrected chi connectivity index (χ1v) is 8.04. The number of nitrogens with zero attached hydrogens (tertiary/aromatic N) is 3. The fourth-order valence-corrected chi connectivity index (χ4v) is 3.25. The van der Waals surface area contributed by atoms with Crippen molar-refractivity contribution in [3.05, 3.63) is 61.1 Å². The van der Waals surface area contributed by atoms with E-state index in [1.165, 1.54) is 5.56 Å². The first kappa shape index (κ1) is 14.2. The van der Waals surface area contributed by atoms with E-state index in [2.05, 4.69) is 43.8 Å². The third-order valence-corrected chi connectivity index (χ3v) is 4.51.